The normalized spacial score (nSPS) is 17.4. The van der Waals surface area contributed by atoms with Crippen molar-refractivity contribution in [2.24, 2.45) is 5.41 Å². The minimum atomic E-state index is 0.476. The Labute approximate surface area is 210 Å². The Morgan fingerprint density at radius 2 is 1.92 bits per heavy atom. The lowest BCUT2D eigenvalue weighted by molar-refractivity contribution is -0.139. The first-order chi connectivity index (χ1) is 17.6. The number of H-pyrrole nitrogens is 1. The predicted octanol–water partition coefficient (Wildman–Crippen LogP) is 5.10. The number of benzene rings is 2. The highest BCUT2D eigenvalue weighted by molar-refractivity contribution is 5.87. The number of nitrogens with one attached hydrogen (secondary N) is 1. The fraction of sp³-hybridized carbons (Fsp3) is 0.429. The zero-order chi connectivity index (χ0) is 24.5. The molecule has 4 aromatic rings. The van der Waals surface area contributed by atoms with Gasteiger partial charge >= 0.3 is 0 Å². The van der Waals surface area contributed by atoms with Gasteiger partial charge < -0.3 is 28.8 Å². The number of likely N-dealkylation sites (tertiary alicyclic amines) is 1. The van der Waals surface area contributed by atoms with E-state index in [1.54, 1.807) is 7.11 Å². The maximum Gasteiger partial charge on any atom is 0.230 e. The number of fused-ring (bicyclic) bond motifs is 2. The Morgan fingerprint density at radius 3 is 2.69 bits per heavy atom. The van der Waals surface area contributed by atoms with Crippen LogP contribution in [0.25, 0.3) is 21.8 Å². The maximum atomic E-state index is 6.17. The maximum absolute atomic E-state index is 6.17. The molecule has 0 bridgehead atoms. The van der Waals surface area contributed by atoms with Gasteiger partial charge in [-0.15, -0.1) is 0 Å². The van der Waals surface area contributed by atoms with E-state index in [0.717, 1.165) is 66.8 Å². The number of ether oxygens (including phenoxy) is 4. The van der Waals surface area contributed by atoms with Crippen LogP contribution in [0.5, 0.6) is 23.1 Å². The van der Waals surface area contributed by atoms with Crippen molar-refractivity contribution in [1.29, 1.82) is 0 Å². The summed E-state index contributed by atoms with van der Waals surface area (Å²) in [5.41, 5.74) is 3.41. The van der Waals surface area contributed by atoms with Gasteiger partial charge in [0.05, 0.1) is 37.8 Å². The van der Waals surface area contributed by atoms with Crippen LogP contribution in [0.3, 0.4) is 0 Å². The van der Waals surface area contributed by atoms with Crippen molar-refractivity contribution in [1.82, 2.24) is 19.9 Å². The molecule has 2 aromatic heterocycles. The van der Waals surface area contributed by atoms with E-state index in [4.69, 9.17) is 18.9 Å². The summed E-state index contributed by atoms with van der Waals surface area (Å²) in [5, 5.41) is 1.87. The molecule has 0 saturated carbocycles. The number of hydrogen-bond donors (Lipinski definition) is 1. The first kappa shape index (κ1) is 23.1. The van der Waals surface area contributed by atoms with E-state index in [1.165, 1.54) is 19.2 Å². The van der Waals surface area contributed by atoms with Crippen LogP contribution >= 0.6 is 0 Å². The van der Waals surface area contributed by atoms with Crippen molar-refractivity contribution in [3.63, 3.8) is 0 Å². The third-order valence-corrected chi connectivity index (χ3v) is 7.44. The Balaban J connectivity index is 1.12. The SMILES string of the molecule is COc1cc2c(Oc3ccc4[nH]c(C)cc4c3)ncnc2cc1OCCCN1CCC2(CC1)COC2. The first-order valence-electron chi connectivity index (χ1n) is 12.6. The Bertz CT molecular complexity index is 1370. The van der Waals surface area contributed by atoms with E-state index < -0.39 is 0 Å². The second-order valence-corrected chi connectivity index (χ2v) is 10.0. The van der Waals surface area contributed by atoms with Crippen LogP contribution in [0.1, 0.15) is 25.0 Å². The van der Waals surface area contributed by atoms with Gasteiger partial charge in [0.1, 0.15) is 12.1 Å². The summed E-state index contributed by atoms with van der Waals surface area (Å²) in [4.78, 5) is 14.7. The van der Waals surface area contributed by atoms with E-state index >= 15 is 0 Å². The van der Waals surface area contributed by atoms with E-state index in [-0.39, 0.29) is 0 Å². The number of methoxy groups -OCH3 is 1. The van der Waals surface area contributed by atoms with E-state index in [2.05, 4.69) is 25.9 Å². The zero-order valence-corrected chi connectivity index (χ0v) is 20.9. The number of rotatable bonds is 8. The van der Waals surface area contributed by atoms with Crippen LogP contribution in [0, 0.1) is 12.3 Å². The molecule has 188 valence electrons. The molecule has 2 aliphatic rings. The van der Waals surface area contributed by atoms with Gasteiger partial charge in [-0.1, -0.05) is 0 Å². The highest BCUT2D eigenvalue weighted by Crippen LogP contribution is 2.39. The summed E-state index contributed by atoms with van der Waals surface area (Å²) in [6.07, 6.45) is 4.97. The Hall–Kier alpha value is -3.36. The molecule has 2 aliphatic heterocycles. The lowest BCUT2D eigenvalue weighted by Gasteiger charge is -2.47. The van der Waals surface area contributed by atoms with Gasteiger partial charge in [-0.25, -0.2) is 9.97 Å². The van der Waals surface area contributed by atoms with Gasteiger partial charge in [-0.2, -0.15) is 0 Å². The van der Waals surface area contributed by atoms with Gasteiger partial charge in [0.2, 0.25) is 5.88 Å². The average Bonchev–Trinajstić information content (AvgIpc) is 3.25. The molecule has 36 heavy (non-hydrogen) atoms. The molecule has 2 fully saturated rings. The molecule has 8 heteroatoms. The van der Waals surface area contributed by atoms with Crippen molar-refractivity contribution < 1.29 is 18.9 Å². The lowest BCUT2D eigenvalue weighted by atomic mass is 9.77. The number of hydrogen-bond acceptors (Lipinski definition) is 7. The van der Waals surface area contributed by atoms with Gasteiger partial charge in [-0.3, -0.25) is 0 Å². The Kier molecular flexibility index (Phi) is 6.15. The summed E-state index contributed by atoms with van der Waals surface area (Å²) in [7, 11) is 1.65. The van der Waals surface area contributed by atoms with Crippen LogP contribution < -0.4 is 14.2 Å². The summed E-state index contributed by atoms with van der Waals surface area (Å²) in [6, 6.07) is 11.8. The molecule has 0 amide bonds. The topological polar surface area (TPSA) is 81.7 Å². The fourth-order valence-corrected chi connectivity index (χ4v) is 5.23. The van der Waals surface area contributed by atoms with Crippen LogP contribution in [-0.2, 0) is 4.74 Å². The molecule has 0 radical (unpaired) electrons. The summed E-state index contributed by atoms with van der Waals surface area (Å²) < 4.78 is 23.4. The molecule has 0 atom stereocenters. The van der Waals surface area contributed by atoms with Crippen LogP contribution in [0.15, 0.2) is 42.7 Å². The third kappa shape index (κ3) is 4.58. The summed E-state index contributed by atoms with van der Waals surface area (Å²) in [6.45, 7) is 7.90. The molecule has 8 nitrogen and oxygen atoms in total. The van der Waals surface area contributed by atoms with Crippen LogP contribution in [0.2, 0.25) is 0 Å². The molecule has 4 heterocycles. The standard InChI is InChI=1S/C28H32N4O4/c1-19-12-20-13-21(4-5-23(20)31-19)36-27-22-14-25(33-2)26(15-24(22)29-18-30-27)35-11-3-8-32-9-6-28(7-10-32)16-34-17-28/h4-5,12-15,18,31H,3,6-11,16-17H2,1-2H3. The van der Waals surface area contributed by atoms with Crippen molar-refractivity contribution in [2.45, 2.75) is 26.2 Å². The van der Waals surface area contributed by atoms with Gasteiger partial charge in [0.25, 0.3) is 0 Å². The summed E-state index contributed by atoms with van der Waals surface area (Å²) >= 11 is 0. The van der Waals surface area contributed by atoms with Gasteiger partial charge in [-0.05, 0) is 69.6 Å². The monoisotopic (exact) mass is 488 g/mol. The number of aromatic nitrogens is 3. The highest BCUT2D eigenvalue weighted by Gasteiger charge is 2.40. The minimum Gasteiger partial charge on any atom is -0.493 e. The molecular formula is C28H32N4O4. The van der Waals surface area contributed by atoms with Crippen molar-refractivity contribution in [3.05, 3.63) is 48.4 Å². The zero-order valence-electron chi connectivity index (χ0n) is 20.9. The van der Waals surface area contributed by atoms with Gasteiger partial charge in [0, 0.05) is 34.6 Å². The molecule has 2 aromatic carbocycles. The van der Waals surface area contributed by atoms with Gasteiger partial charge in [0.15, 0.2) is 11.5 Å². The molecule has 1 spiro atoms. The van der Waals surface area contributed by atoms with Crippen molar-refractivity contribution in [2.75, 3.05) is 46.6 Å². The molecule has 6 rings (SSSR count). The lowest BCUT2D eigenvalue weighted by Crippen LogP contribution is -2.51. The quantitative estimate of drug-likeness (QED) is 0.346. The fourth-order valence-electron chi connectivity index (χ4n) is 5.23. The first-order valence-corrected chi connectivity index (χ1v) is 12.6. The molecule has 0 unspecified atom stereocenters. The number of nitrogens with zero attached hydrogens (tertiary/aromatic N) is 3. The molecule has 1 N–H and O–H groups in total. The summed E-state index contributed by atoms with van der Waals surface area (Å²) in [5.74, 6) is 2.53. The molecule has 2 saturated heterocycles. The van der Waals surface area contributed by atoms with E-state index in [9.17, 15) is 0 Å². The average molecular weight is 489 g/mol. The minimum absolute atomic E-state index is 0.476. The van der Waals surface area contributed by atoms with Crippen molar-refractivity contribution in [3.8, 4) is 23.1 Å². The second-order valence-electron chi connectivity index (χ2n) is 10.0. The number of aromatic amines is 1. The highest BCUT2D eigenvalue weighted by atomic mass is 16.5. The molecule has 0 aliphatic carbocycles. The van der Waals surface area contributed by atoms with Crippen LogP contribution in [-0.4, -0.2) is 66.4 Å². The largest absolute Gasteiger partial charge is 0.493 e. The van der Waals surface area contributed by atoms with Crippen molar-refractivity contribution >= 4 is 21.8 Å². The second kappa shape index (κ2) is 9.59. The Morgan fingerprint density at radius 1 is 1.06 bits per heavy atom. The number of piperidine rings is 1. The molecular weight excluding hydrogens is 456 g/mol. The predicted molar refractivity (Wildman–Crippen MR) is 138 cm³/mol. The number of aryl methyl sites for hydroxylation is 1. The van der Waals surface area contributed by atoms with E-state index in [0.29, 0.717) is 35.2 Å². The smallest absolute Gasteiger partial charge is 0.230 e. The van der Waals surface area contributed by atoms with E-state index in [1.807, 2.05) is 37.3 Å². The third-order valence-electron chi connectivity index (χ3n) is 7.44. The van der Waals surface area contributed by atoms with Crippen LogP contribution in [0.4, 0.5) is 0 Å².